The Balaban J connectivity index is 2.44. The Morgan fingerprint density at radius 3 is 2.44 bits per heavy atom. The van der Waals surface area contributed by atoms with Crippen molar-refractivity contribution in [2.75, 3.05) is 11.4 Å². The van der Waals surface area contributed by atoms with E-state index in [1.807, 2.05) is 0 Å². The maximum absolute atomic E-state index is 12.0. The summed E-state index contributed by atoms with van der Waals surface area (Å²) in [4.78, 5) is 24.8. The summed E-state index contributed by atoms with van der Waals surface area (Å²) in [5, 5.41) is 3.40. The molecule has 1 aromatic carbocycles. The molecule has 1 saturated heterocycles. The summed E-state index contributed by atoms with van der Waals surface area (Å²) in [7, 11) is 0. The molecule has 1 aliphatic rings. The van der Waals surface area contributed by atoms with Crippen molar-refractivity contribution < 1.29 is 9.59 Å². The van der Waals surface area contributed by atoms with Crippen molar-refractivity contribution in [2.45, 2.75) is 13.0 Å². The number of rotatable bonds is 1. The highest BCUT2D eigenvalue weighted by Gasteiger charge is 2.31. The molecular weight excluding hydrogens is 298 g/mol. The van der Waals surface area contributed by atoms with Gasteiger partial charge in [0.1, 0.15) is 12.6 Å². The Morgan fingerprint density at radius 1 is 1.17 bits per heavy atom. The van der Waals surface area contributed by atoms with Gasteiger partial charge in [-0.25, -0.2) is 0 Å². The SMILES string of the molecule is CC1NC(=O)CN(c2cc(Cl)c(Cl)cc2Cl)C1=O. The fraction of sp³-hybridized carbons (Fsp3) is 0.273. The van der Waals surface area contributed by atoms with Gasteiger partial charge in [0.2, 0.25) is 11.8 Å². The van der Waals surface area contributed by atoms with Gasteiger partial charge in [0.25, 0.3) is 0 Å². The first-order valence-corrected chi connectivity index (χ1v) is 6.29. The molecule has 0 bridgehead atoms. The van der Waals surface area contributed by atoms with Gasteiger partial charge in [0.15, 0.2) is 0 Å². The van der Waals surface area contributed by atoms with Crippen LogP contribution in [0.15, 0.2) is 12.1 Å². The first kappa shape index (κ1) is 13.5. The number of carbonyl (C=O) groups excluding carboxylic acids is 2. The highest BCUT2D eigenvalue weighted by atomic mass is 35.5. The van der Waals surface area contributed by atoms with Crippen molar-refractivity contribution in [3.05, 3.63) is 27.2 Å². The van der Waals surface area contributed by atoms with E-state index in [1.54, 1.807) is 6.92 Å². The van der Waals surface area contributed by atoms with Crippen molar-refractivity contribution in [2.24, 2.45) is 0 Å². The molecule has 1 heterocycles. The van der Waals surface area contributed by atoms with Crippen LogP contribution in [-0.4, -0.2) is 24.4 Å². The number of halogens is 3. The quantitative estimate of drug-likeness (QED) is 0.810. The zero-order valence-corrected chi connectivity index (χ0v) is 11.6. The van der Waals surface area contributed by atoms with Crippen LogP contribution in [0.2, 0.25) is 15.1 Å². The smallest absolute Gasteiger partial charge is 0.249 e. The van der Waals surface area contributed by atoms with E-state index in [0.29, 0.717) is 10.7 Å². The third kappa shape index (κ3) is 2.41. The predicted molar refractivity (Wildman–Crippen MR) is 71.4 cm³/mol. The van der Waals surface area contributed by atoms with Crippen LogP contribution in [0.25, 0.3) is 0 Å². The normalized spacial score (nSPS) is 20.0. The lowest BCUT2D eigenvalue weighted by molar-refractivity contribution is -0.130. The molecular formula is C11H9Cl3N2O2. The van der Waals surface area contributed by atoms with Crippen LogP contribution < -0.4 is 10.2 Å². The van der Waals surface area contributed by atoms with Gasteiger partial charge >= 0.3 is 0 Å². The highest BCUT2D eigenvalue weighted by Crippen LogP contribution is 2.35. The first-order valence-electron chi connectivity index (χ1n) is 5.15. The highest BCUT2D eigenvalue weighted by molar-refractivity contribution is 6.44. The molecule has 96 valence electrons. The number of carbonyl (C=O) groups is 2. The van der Waals surface area contributed by atoms with E-state index in [9.17, 15) is 9.59 Å². The molecule has 0 aromatic heterocycles. The number of hydrogen-bond donors (Lipinski definition) is 1. The molecule has 1 aromatic rings. The summed E-state index contributed by atoms with van der Waals surface area (Å²) in [5.41, 5.74) is 0.387. The number of anilines is 1. The van der Waals surface area contributed by atoms with E-state index < -0.39 is 6.04 Å². The topological polar surface area (TPSA) is 49.4 Å². The lowest BCUT2D eigenvalue weighted by atomic mass is 10.2. The number of benzene rings is 1. The summed E-state index contributed by atoms with van der Waals surface area (Å²) in [5.74, 6) is -0.487. The Labute approximate surface area is 119 Å². The van der Waals surface area contributed by atoms with E-state index in [2.05, 4.69) is 5.32 Å². The van der Waals surface area contributed by atoms with Gasteiger partial charge in [0.05, 0.1) is 20.8 Å². The fourth-order valence-electron chi connectivity index (χ4n) is 1.73. The predicted octanol–water partition coefficient (Wildman–Crippen LogP) is 2.50. The fourth-order valence-corrected chi connectivity index (χ4v) is 2.37. The lowest BCUT2D eigenvalue weighted by Crippen LogP contribution is -2.57. The molecule has 2 amide bonds. The van der Waals surface area contributed by atoms with Crippen molar-refractivity contribution in [1.29, 1.82) is 0 Å². The molecule has 1 aliphatic heterocycles. The van der Waals surface area contributed by atoms with Crippen LogP contribution in [0.3, 0.4) is 0 Å². The Morgan fingerprint density at radius 2 is 1.78 bits per heavy atom. The molecule has 4 nitrogen and oxygen atoms in total. The minimum absolute atomic E-state index is 0.0825. The number of nitrogens with zero attached hydrogens (tertiary/aromatic N) is 1. The molecule has 7 heteroatoms. The molecule has 0 radical (unpaired) electrons. The van der Waals surface area contributed by atoms with E-state index in [4.69, 9.17) is 34.8 Å². The van der Waals surface area contributed by atoms with Crippen LogP contribution in [0.1, 0.15) is 6.92 Å². The Bertz CT molecular complexity index is 533. The molecule has 1 N–H and O–H groups in total. The van der Waals surface area contributed by atoms with Gasteiger partial charge < -0.3 is 5.32 Å². The summed E-state index contributed by atoms with van der Waals surface area (Å²) in [6, 6.07) is 2.34. The second-order valence-corrected chi connectivity index (χ2v) is 5.15. The van der Waals surface area contributed by atoms with Gasteiger partial charge in [-0.3, -0.25) is 14.5 Å². The largest absolute Gasteiger partial charge is 0.343 e. The van der Waals surface area contributed by atoms with E-state index in [1.165, 1.54) is 17.0 Å². The molecule has 18 heavy (non-hydrogen) atoms. The third-order valence-electron chi connectivity index (χ3n) is 2.60. The second kappa shape index (κ2) is 4.96. The van der Waals surface area contributed by atoms with Gasteiger partial charge in [-0.05, 0) is 19.1 Å². The molecule has 1 atom stereocenters. The van der Waals surface area contributed by atoms with E-state index in [0.717, 1.165) is 0 Å². The minimum atomic E-state index is -0.586. The third-order valence-corrected chi connectivity index (χ3v) is 3.62. The monoisotopic (exact) mass is 306 g/mol. The van der Waals surface area contributed by atoms with Gasteiger partial charge in [-0.2, -0.15) is 0 Å². The van der Waals surface area contributed by atoms with E-state index >= 15 is 0 Å². The lowest BCUT2D eigenvalue weighted by Gasteiger charge is -2.31. The number of hydrogen-bond acceptors (Lipinski definition) is 2. The van der Waals surface area contributed by atoms with Gasteiger partial charge in [-0.15, -0.1) is 0 Å². The molecule has 2 rings (SSSR count). The van der Waals surface area contributed by atoms with Crippen LogP contribution in [0, 0.1) is 0 Å². The number of nitrogens with one attached hydrogen (secondary N) is 1. The average Bonchev–Trinajstić information content (AvgIpc) is 2.29. The summed E-state index contributed by atoms with van der Waals surface area (Å²) in [6.45, 7) is 1.53. The van der Waals surface area contributed by atoms with Crippen LogP contribution >= 0.6 is 34.8 Å². The molecule has 0 aliphatic carbocycles. The molecule has 1 fully saturated rings. The van der Waals surface area contributed by atoms with Crippen molar-refractivity contribution >= 4 is 52.3 Å². The molecule has 0 saturated carbocycles. The molecule has 0 spiro atoms. The number of amides is 2. The molecule has 1 unspecified atom stereocenters. The second-order valence-electron chi connectivity index (χ2n) is 3.93. The summed E-state index contributed by atoms with van der Waals surface area (Å²) < 4.78 is 0. The zero-order chi connectivity index (χ0) is 13.4. The minimum Gasteiger partial charge on any atom is -0.343 e. The van der Waals surface area contributed by atoms with Crippen LogP contribution in [0.4, 0.5) is 5.69 Å². The van der Waals surface area contributed by atoms with Crippen LogP contribution in [0.5, 0.6) is 0 Å². The maximum atomic E-state index is 12.0. The van der Waals surface area contributed by atoms with Crippen LogP contribution in [-0.2, 0) is 9.59 Å². The van der Waals surface area contributed by atoms with Gasteiger partial charge in [-0.1, -0.05) is 34.8 Å². The Kier molecular flexibility index (Phi) is 3.71. The van der Waals surface area contributed by atoms with E-state index in [-0.39, 0.29) is 28.4 Å². The standard InChI is InChI=1S/C11H9Cl3N2O2/c1-5-11(18)16(4-10(17)15-5)9-3-7(13)6(12)2-8(9)14/h2-3,5H,4H2,1H3,(H,15,17). The first-order chi connectivity index (χ1) is 8.40. The van der Waals surface area contributed by atoms with Crippen molar-refractivity contribution in [3.8, 4) is 0 Å². The maximum Gasteiger partial charge on any atom is 0.249 e. The summed E-state index contributed by atoms with van der Waals surface area (Å²) in [6.07, 6.45) is 0. The van der Waals surface area contributed by atoms with Crippen molar-refractivity contribution in [1.82, 2.24) is 5.32 Å². The van der Waals surface area contributed by atoms with Crippen molar-refractivity contribution in [3.63, 3.8) is 0 Å². The zero-order valence-electron chi connectivity index (χ0n) is 9.34. The average molecular weight is 308 g/mol. The summed E-state index contributed by atoms with van der Waals surface area (Å²) >= 11 is 17.7. The van der Waals surface area contributed by atoms with Gasteiger partial charge in [0, 0.05) is 0 Å². The number of piperazine rings is 1. The Hall–Kier alpha value is -0.970.